The molecular weight excluding hydrogens is 359 g/mol. The van der Waals surface area contributed by atoms with E-state index in [0.717, 1.165) is 15.1 Å². The average Bonchev–Trinajstić information content (AvgIpc) is 3.09. The number of nitrogens with one attached hydrogen (secondary N) is 1. The molecule has 0 saturated carbocycles. The maximum atomic E-state index is 13.0. The topological polar surface area (TPSA) is 93.8 Å². The molecule has 4 rings (SSSR count). The maximum Gasteiger partial charge on any atom is 0.437 e. The minimum atomic E-state index is -0.689. The fraction of sp³-hybridized carbons (Fsp3) is 0.176. The highest BCUT2D eigenvalue weighted by molar-refractivity contribution is 7.18. The molecule has 4 aromatic rings. The molecule has 0 amide bonds. The van der Waals surface area contributed by atoms with Crippen LogP contribution in [0.5, 0.6) is 0 Å². The third kappa shape index (κ3) is 2.76. The first-order chi connectivity index (χ1) is 12.4. The first-order valence-corrected chi connectivity index (χ1v) is 8.57. The molecule has 26 heavy (non-hydrogen) atoms. The molecule has 0 bridgehead atoms. The van der Waals surface area contributed by atoms with Crippen LogP contribution in [0.4, 0.5) is 4.39 Å². The van der Waals surface area contributed by atoms with Gasteiger partial charge in [0.25, 0.3) is 5.56 Å². The summed E-state index contributed by atoms with van der Waals surface area (Å²) in [5.74, 6) is -0.705. The standard InChI is InChI=1S/C17H13FN4O3S/c1-8-9(2)26-16-13(8)14(23)19-12(20-16)7-22-17(24)25-15(21-22)10-3-5-11(18)6-4-10/h3-6H,7H2,1-2H3,(H,19,20,23). The molecule has 0 aliphatic rings. The van der Waals surface area contributed by atoms with E-state index in [1.54, 1.807) is 0 Å². The minimum absolute atomic E-state index is 0.0370. The van der Waals surface area contributed by atoms with Crippen LogP contribution < -0.4 is 11.3 Å². The summed E-state index contributed by atoms with van der Waals surface area (Å²) in [6, 6.07) is 5.44. The quantitative estimate of drug-likeness (QED) is 0.597. The number of fused-ring (bicyclic) bond motifs is 1. The fourth-order valence-electron chi connectivity index (χ4n) is 2.63. The Balaban J connectivity index is 1.72. The second kappa shape index (κ2) is 6.03. The Labute approximate surface area is 149 Å². The van der Waals surface area contributed by atoms with E-state index in [2.05, 4.69) is 15.1 Å². The third-order valence-corrected chi connectivity index (χ3v) is 5.19. The molecule has 9 heteroatoms. The van der Waals surface area contributed by atoms with E-state index in [9.17, 15) is 14.0 Å². The van der Waals surface area contributed by atoms with E-state index >= 15 is 0 Å². The molecule has 0 fully saturated rings. The van der Waals surface area contributed by atoms with Crippen molar-refractivity contribution >= 4 is 21.6 Å². The van der Waals surface area contributed by atoms with Gasteiger partial charge in [-0.15, -0.1) is 16.4 Å². The van der Waals surface area contributed by atoms with Gasteiger partial charge in [0.1, 0.15) is 23.0 Å². The van der Waals surface area contributed by atoms with Crippen molar-refractivity contribution in [2.75, 3.05) is 0 Å². The lowest BCUT2D eigenvalue weighted by atomic mass is 10.2. The van der Waals surface area contributed by atoms with Gasteiger partial charge >= 0.3 is 5.76 Å². The van der Waals surface area contributed by atoms with Gasteiger partial charge in [-0.3, -0.25) is 4.79 Å². The van der Waals surface area contributed by atoms with Crippen molar-refractivity contribution in [2.45, 2.75) is 20.4 Å². The van der Waals surface area contributed by atoms with Crippen LogP contribution in [0.1, 0.15) is 16.3 Å². The van der Waals surface area contributed by atoms with E-state index < -0.39 is 11.6 Å². The van der Waals surface area contributed by atoms with E-state index in [-0.39, 0.29) is 18.0 Å². The predicted molar refractivity (Wildman–Crippen MR) is 95.0 cm³/mol. The zero-order valence-electron chi connectivity index (χ0n) is 13.9. The van der Waals surface area contributed by atoms with Crippen molar-refractivity contribution in [1.82, 2.24) is 19.7 Å². The number of nitrogens with zero attached hydrogens (tertiary/aromatic N) is 3. The molecule has 0 spiro atoms. The van der Waals surface area contributed by atoms with Gasteiger partial charge in [0.2, 0.25) is 5.89 Å². The monoisotopic (exact) mass is 372 g/mol. The normalized spacial score (nSPS) is 11.3. The Morgan fingerprint density at radius 1 is 1.23 bits per heavy atom. The highest BCUT2D eigenvalue weighted by Gasteiger charge is 2.15. The summed E-state index contributed by atoms with van der Waals surface area (Å²) in [4.78, 5) is 33.1. The van der Waals surface area contributed by atoms with Gasteiger partial charge in [0.15, 0.2) is 0 Å². The van der Waals surface area contributed by atoms with Gasteiger partial charge in [0.05, 0.1) is 5.39 Å². The number of thiophene rings is 1. The zero-order valence-corrected chi connectivity index (χ0v) is 14.7. The van der Waals surface area contributed by atoms with Gasteiger partial charge in [-0.25, -0.2) is 14.2 Å². The first kappa shape index (κ1) is 16.4. The van der Waals surface area contributed by atoms with E-state index in [0.29, 0.717) is 21.6 Å². The molecule has 0 unspecified atom stereocenters. The molecule has 0 atom stereocenters. The molecule has 1 aromatic carbocycles. The summed E-state index contributed by atoms with van der Waals surface area (Å²) in [5, 5.41) is 4.66. The first-order valence-electron chi connectivity index (χ1n) is 7.75. The molecule has 3 aromatic heterocycles. The number of rotatable bonds is 3. The van der Waals surface area contributed by atoms with Crippen molar-refractivity contribution in [3.63, 3.8) is 0 Å². The number of hydrogen-bond acceptors (Lipinski definition) is 6. The third-order valence-electron chi connectivity index (χ3n) is 4.09. The predicted octanol–water partition coefficient (Wildman–Crippen LogP) is 2.61. The second-order valence-corrected chi connectivity index (χ2v) is 7.02. The molecule has 0 aliphatic carbocycles. The van der Waals surface area contributed by atoms with Crippen molar-refractivity contribution in [3.8, 4) is 11.5 Å². The van der Waals surface area contributed by atoms with Crippen LogP contribution in [0, 0.1) is 19.7 Å². The lowest BCUT2D eigenvalue weighted by Gasteiger charge is -1.99. The fourth-order valence-corrected chi connectivity index (χ4v) is 3.68. The van der Waals surface area contributed by atoms with Gasteiger partial charge in [-0.1, -0.05) is 0 Å². The number of benzene rings is 1. The summed E-state index contributed by atoms with van der Waals surface area (Å²) >= 11 is 1.43. The Kier molecular flexibility index (Phi) is 3.80. The van der Waals surface area contributed by atoms with Crippen molar-refractivity contribution in [1.29, 1.82) is 0 Å². The highest BCUT2D eigenvalue weighted by atomic mass is 32.1. The molecule has 7 nitrogen and oxygen atoms in total. The maximum absolute atomic E-state index is 13.0. The van der Waals surface area contributed by atoms with Crippen LogP contribution in [-0.2, 0) is 6.54 Å². The van der Waals surface area contributed by atoms with Crippen LogP contribution in [0.2, 0.25) is 0 Å². The van der Waals surface area contributed by atoms with Gasteiger partial charge in [-0.05, 0) is 43.7 Å². The lowest BCUT2D eigenvalue weighted by molar-refractivity contribution is 0.491. The van der Waals surface area contributed by atoms with Gasteiger partial charge in [-0.2, -0.15) is 4.68 Å². The summed E-state index contributed by atoms with van der Waals surface area (Å²) in [7, 11) is 0. The number of H-pyrrole nitrogens is 1. The van der Waals surface area contributed by atoms with Crippen LogP contribution >= 0.6 is 11.3 Å². The number of aromatic nitrogens is 4. The SMILES string of the molecule is Cc1sc2nc(Cn3nc(-c4ccc(F)cc4)oc3=O)[nH]c(=O)c2c1C. The van der Waals surface area contributed by atoms with Crippen molar-refractivity contribution in [2.24, 2.45) is 0 Å². The highest BCUT2D eigenvalue weighted by Crippen LogP contribution is 2.25. The molecule has 0 radical (unpaired) electrons. The zero-order chi connectivity index (χ0) is 18.4. The number of aromatic amines is 1. The molecule has 0 aliphatic heterocycles. The Hall–Kier alpha value is -3.07. The number of halogens is 1. The Bertz CT molecular complexity index is 1230. The van der Waals surface area contributed by atoms with Crippen molar-refractivity contribution in [3.05, 3.63) is 67.3 Å². The van der Waals surface area contributed by atoms with E-state index in [4.69, 9.17) is 4.42 Å². The largest absolute Gasteiger partial charge is 0.437 e. The molecule has 0 saturated heterocycles. The van der Waals surface area contributed by atoms with Crippen molar-refractivity contribution < 1.29 is 8.81 Å². The van der Waals surface area contributed by atoms with Crippen LogP contribution in [0.25, 0.3) is 21.7 Å². The average molecular weight is 372 g/mol. The van der Waals surface area contributed by atoms with Gasteiger partial charge in [0, 0.05) is 10.4 Å². The minimum Gasteiger partial charge on any atom is -0.388 e. The van der Waals surface area contributed by atoms with E-state index in [1.165, 1.54) is 35.6 Å². The molecule has 3 heterocycles. The lowest BCUT2D eigenvalue weighted by Crippen LogP contribution is -2.20. The Morgan fingerprint density at radius 2 is 1.96 bits per heavy atom. The second-order valence-electron chi connectivity index (χ2n) is 5.81. The van der Waals surface area contributed by atoms with Crippen LogP contribution in [-0.4, -0.2) is 19.7 Å². The van der Waals surface area contributed by atoms with Gasteiger partial charge < -0.3 is 9.40 Å². The molecular formula is C17H13FN4O3S. The Morgan fingerprint density at radius 3 is 2.69 bits per heavy atom. The van der Waals surface area contributed by atoms with Crippen LogP contribution in [0.15, 0.2) is 38.3 Å². The summed E-state index contributed by atoms with van der Waals surface area (Å²) < 4.78 is 19.2. The molecule has 132 valence electrons. The van der Waals surface area contributed by atoms with E-state index in [1.807, 2.05) is 13.8 Å². The number of aryl methyl sites for hydroxylation is 2. The summed E-state index contributed by atoms with van der Waals surface area (Å²) in [5.41, 5.74) is 1.13. The molecule has 1 N–H and O–H groups in total. The smallest absolute Gasteiger partial charge is 0.388 e. The summed E-state index contributed by atoms with van der Waals surface area (Å²) in [6.07, 6.45) is 0. The summed E-state index contributed by atoms with van der Waals surface area (Å²) in [6.45, 7) is 3.77. The number of hydrogen-bond donors (Lipinski definition) is 1. The van der Waals surface area contributed by atoms with Crippen LogP contribution in [0.3, 0.4) is 0 Å².